The smallest absolute Gasteiger partial charge is 0.121 e. The second kappa shape index (κ2) is 6.40. The lowest BCUT2D eigenvalue weighted by Gasteiger charge is -2.00. The zero-order valence-electron chi connectivity index (χ0n) is 11.1. The van der Waals surface area contributed by atoms with Crippen LogP contribution < -0.4 is 10.1 Å². The van der Waals surface area contributed by atoms with Crippen LogP contribution >= 0.6 is 0 Å². The van der Waals surface area contributed by atoms with Crippen molar-refractivity contribution < 1.29 is 4.74 Å². The van der Waals surface area contributed by atoms with Crippen molar-refractivity contribution in [2.24, 2.45) is 0 Å². The first-order valence-electron chi connectivity index (χ1n) is 6.57. The summed E-state index contributed by atoms with van der Waals surface area (Å²) >= 11 is 0. The van der Waals surface area contributed by atoms with Crippen LogP contribution in [0.5, 0.6) is 5.75 Å². The van der Waals surface area contributed by atoms with Crippen LogP contribution in [0.25, 0.3) is 11.0 Å². The van der Waals surface area contributed by atoms with Gasteiger partial charge in [0.2, 0.25) is 0 Å². The Balaban J connectivity index is 1.93. The molecule has 0 radical (unpaired) electrons. The number of aromatic nitrogens is 2. The fourth-order valence-electron chi connectivity index (χ4n) is 1.92. The van der Waals surface area contributed by atoms with E-state index in [1.54, 1.807) is 7.11 Å². The summed E-state index contributed by atoms with van der Waals surface area (Å²) in [5, 5.41) is 3.42. The van der Waals surface area contributed by atoms with Crippen LogP contribution in [0.2, 0.25) is 0 Å². The molecule has 2 N–H and O–H groups in total. The molecule has 0 saturated heterocycles. The summed E-state index contributed by atoms with van der Waals surface area (Å²) in [6.07, 6.45) is 3.40. The highest BCUT2D eigenvalue weighted by Crippen LogP contribution is 2.18. The lowest BCUT2D eigenvalue weighted by molar-refractivity contribution is 0.415. The quantitative estimate of drug-likeness (QED) is 0.739. The number of unbranched alkanes of at least 4 members (excludes halogenated alkanes) is 1. The number of ether oxygens (including phenoxy) is 1. The predicted octanol–water partition coefficient (Wildman–Crippen LogP) is 2.50. The summed E-state index contributed by atoms with van der Waals surface area (Å²) < 4.78 is 5.20. The molecule has 0 spiro atoms. The Morgan fingerprint density at radius 1 is 1.33 bits per heavy atom. The van der Waals surface area contributed by atoms with E-state index in [9.17, 15) is 0 Å². The molecule has 0 saturated carbocycles. The summed E-state index contributed by atoms with van der Waals surface area (Å²) in [4.78, 5) is 7.88. The molecular weight excluding hydrogens is 226 g/mol. The number of H-pyrrole nitrogens is 1. The normalized spacial score (nSPS) is 11.0. The Hall–Kier alpha value is -1.55. The maximum absolute atomic E-state index is 5.20. The molecule has 2 aromatic rings. The molecule has 0 aliphatic rings. The topological polar surface area (TPSA) is 49.9 Å². The molecule has 4 heteroatoms. The molecule has 0 amide bonds. The van der Waals surface area contributed by atoms with Crippen LogP contribution in [0, 0.1) is 0 Å². The van der Waals surface area contributed by atoms with Gasteiger partial charge in [-0.3, -0.25) is 0 Å². The maximum Gasteiger partial charge on any atom is 0.121 e. The zero-order valence-corrected chi connectivity index (χ0v) is 11.1. The van der Waals surface area contributed by atoms with Crippen LogP contribution in [0.3, 0.4) is 0 Å². The fraction of sp³-hybridized carbons (Fsp3) is 0.500. The molecule has 0 atom stereocenters. The molecule has 0 fully saturated rings. The summed E-state index contributed by atoms with van der Waals surface area (Å²) in [6.45, 7) is 4.26. The van der Waals surface area contributed by atoms with Gasteiger partial charge in [0.15, 0.2) is 0 Å². The lowest BCUT2D eigenvalue weighted by Crippen LogP contribution is -2.18. The summed E-state index contributed by atoms with van der Waals surface area (Å²) in [5.41, 5.74) is 2.04. The molecule has 0 aliphatic heterocycles. The second-order valence-corrected chi connectivity index (χ2v) is 4.42. The molecule has 0 aliphatic carbocycles. The first-order valence-corrected chi connectivity index (χ1v) is 6.57. The third-order valence-corrected chi connectivity index (χ3v) is 2.98. The Morgan fingerprint density at radius 3 is 3.00 bits per heavy atom. The van der Waals surface area contributed by atoms with E-state index >= 15 is 0 Å². The van der Waals surface area contributed by atoms with Gasteiger partial charge in [0, 0.05) is 19.0 Å². The van der Waals surface area contributed by atoms with E-state index < -0.39 is 0 Å². The van der Waals surface area contributed by atoms with Gasteiger partial charge in [-0.1, -0.05) is 13.3 Å². The maximum atomic E-state index is 5.20. The van der Waals surface area contributed by atoms with Gasteiger partial charge >= 0.3 is 0 Å². The van der Waals surface area contributed by atoms with Gasteiger partial charge in [-0.25, -0.2) is 4.98 Å². The minimum atomic E-state index is 0.860. The molecule has 18 heavy (non-hydrogen) atoms. The minimum Gasteiger partial charge on any atom is -0.497 e. The van der Waals surface area contributed by atoms with Crippen molar-refractivity contribution in [3.63, 3.8) is 0 Å². The van der Waals surface area contributed by atoms with Crippen molar-refractivity contribution >= 4 is 11.0 Å². The van der Waals surface area contributed by atoms with Crippen LogP contribution in [0.1, 0.15) is 25.6 Å². The lowest BCUT2D eigenvalue weighted by atomic mass is 10.3. The van der Waals surface area contributed by atoms with Crippen LogP contribution in [0.4, 0.5) is 0 Å². The average Bonchev–Trinajstić information content (AvgIpc) is 2.80. The van der Waals surface area contributed by atoms with Crippen molar-refractivity contribution in [1.82, 2.24) is 15.3 Å². The summed E-state index contributed by atoms with van der Waals surface area (Å²) in [7, 11) is 1.68. The van der Waals surface area contributed by atoms with E-state index in [0.717, 1.165) is 42.1 Å². The van der Waals surface area contributed by atoms with Gasteiger partial charge in [0.25, 0.3) is 0 Å². The standard InChI is InChI=1S/C14H21N3O/c1-3-4-8-15-9-7-14-16-12-6-5-11(18-2)10-13(12)17-14/h5-6,10,15H,3-4,7-9H2,1-2H3,(H,16,17). The Bertz CT molecular complexity index is 493. The third-order valence-electron chi connectivity index (χ3n) is 2.98. The number of fused-ring (bicyclic) bond motifs is 1. The summed E-state index contributed by atoms with van der Waals surface area (Å²) in [6, 6.07) is 5.90. The van der Waals surface area contributed by atoms with Crippen LogP contribution in [-0.4, -0.2) is 30.2 Å². The third kappa shape index (κ3) is 3.23. The predicted molar refractivity (Wildman–Crippen MR) is 74.1 cm³/mol. The molecule has 2 rings (SSSR count). The Labute approximate surface area is 108 Å². The van der Waals surface area contributed by atoms with E-state index in [1.165, 1.54) is 12.8 Å². The SMILES string of the molecule is CCCCNCCc1nc2ccc(OC)cc2[nH]1. The van der Waals surface area contributed by atoms with Crippen LogP contribution in [0.15, 0.2) is 18.2 Å². The second-order valence-electron chi connectivity index (χ2n) is 4.42. The molecule has 1 aromatic carbocycles. The minimum absolute atomic E-state index is 0.860. The van der Waals surface area contributed by atoms with Crippen molar-refractivity contribution in [2.45, 2.75) is 26.2 Å². The summed E-state index contributed by atoms with van der Waals surface area (Å²) in [5.74, 6) is 1.89. The first kappa shape index (κ1) is 12.9. The van der Waals surface area contributed by atoms with Crippen molar-refractivity contribution in [2.75, 3.05) is 20.2 Å². The fourth-order valence-corrected chi connectivity index (χ4v) is 1.92. The molecular formula is C14H21N3O. The number of hydrogen-bond donors (Lipinski definition) is 2. The van der Waals surface area contributed by atoms with E-state index in [4.69, 9.17) is 4.74 Å². The van der Waals surface area contributed by atoms with E-state index in [-0.39, 0.29) is 0 Å². The van der Waals surface area contributed by atoms with Gasteiger partial charge in [0.1, 0.15) is 11.6 Å². The number of imidazole rings is 1. The van der Waals surface area contributed by atoms with Crippen LogP contribution in [-0.2, 0) is 6.42 Å². The van der Waals surface area contributed by atoms with Gasteiger partial charge in [0.05, 0.1) is 18.1 Å². The van der Waals surface area contributed by atoms with Gasteiger partial charge < -0.3 is 15.0 Å². The Kier molecular flexibility index (Phi) is 4.59. The number of rotatable bonds is 7. The molecule has 4 nitrogen and oxygen atoms in total. The largest absolute Gasteiger partial charge is 0.497 e. The first-order chi connectivity index (χ1) is 8.83. The van der Waals surface area contributed by atoms with E-state index in [0.29, 0.717) is 0 Å². The number of aromatic amines is 1. The van der Waals surface area contributed by atoms with E-state index in [1.807, 2.05) is 18.2 Å². The molecule has 0 bridgehead atoms. The highest BCUT2D eigenvalue weighted by molar-refractivity contribution is 5.76. The number of nitrogens with zero attached hydrogens (tertiary/aromatic N) is 1. The molecule has 1 aromatic heterocycles. The zero-order chi connectivity index (χ0) is 12.8. The van der Waals surface area contributed by atoms with Gasteiger partial charge in [-0.15, -0.1) is 0 Å². The number of methoxy groups -OCH3 is 1. The highest BCUT2D eigenvalue weighted by atomic mass is 16.5. The van der Waals surface area contributed by atoms with Crippen molar-refractivity contribution in [1.29, 1.82) is 0 Å². The van der Waals surface area contributed by atoms with Gasteiger partial charge in [-0.2, -0.15) is 0 Å². The average molecular weight is 247 g/mol. The van der Waals surface area contributed by atoms with Crippen molar-refractivity contribution in [3.05, 3.63) is 24.0 Å². The molecule has 98 valence electrons. The number of nitrogens with one attached hydrogen (secondary N) is 2. The molecule has 1 heterocycles. The number of benzene rings is 1. The van der Waals surface area contributed by atoms with E-state index in [2.05, 4.69) is 22.2 Å². The van der Waals surface area contributed by atoms with Gasteiger partial charge in [-0.05, 0) is 25.1 Å². The highest BCUT2D eigenvalue weighted by Gasteiger charge is 2.03. The monoisotopic (exact) mass is 247 g/mol. The number of hydrogen-bond acceptors (Lipinski definition) is 3. The molecule has 0 unspecified atom stereocenters. The van der Waals surface area contributed by atoms with Crippen molar-refractivity contribution in [3.8, 4) is 5.75 Å². The Morgan fingerprint density at radius 2 is 2.22 bits per heavy atom.